The number of rotatable bonds is 9. The van der Waals surface area contributed by atoms with Gasteiger partial charge in [-0.2, -0.15) is 0 Å². The summed E-state index contributed by atoms with van der Waals surface area (Å²) in [5.41, 5.74) is 0.877. The Morgan fingerprint density at radius 1 is 1.19 bits per heavy atom. The molecule has 146 valence electrons. The summed E-state index contributed by atoms with van der Waals surface area (Å²) in [6, 6.07) is 5.16. The van der Waals surface area contributed by atoms with Crippen molar-refractivity contribution in [1.82, 2.24) is 10.6 Å². The van der Waals surface area contributed by atoms with Crippen LogP contribution in [0.1, 0.15) is 57.1 Å². The zero-order chi connectivity index (χ0) is 18.8. The lowest BCUT2D eigenvalue weighted by atomic mass is 9.98. The van der Waals surface area contributed by atoms with Gasteiger partial charge in [0.05, 0.1) is 26.4 Å². The summed E-state index contributed by atoms with van der Waals surface area (Å²) in [5, 5.41) is 5.82. The van der Waals surface area contributed by atoms with Crippen LogP contribution in [0.15, 0.2) is 18.2 Å². The summed E-state index contributed by atoms with van der Waals surface area (Å²) in [6.45, 7) is 3.22. The van der Waals surface area contributed by atoms with E-state index >= 15 is 0 Å². The highest BCUT2D eigenvalue weighted by molar-refractivity contribution is 5.74. The third-order valence-corrected chi connectivity index (χ3v) is 4.76. The molecule has 1 aliphatic carbocycles. The van der Waals surface area contributed by atoms with Crippen LogP contribution in [0, 0.1) is 0 Å². The van der Waals surface area contributed by atoms with Crippen LogP contribution in [-0.2, 0) is 4.74 Å². The molecule has 26 heavy (non-hydrogen) atoms. The standard InChI is InChI=1S/C20H32N2O4/c1-15(18-14-17(24-2)10-11-19(18)25-3)22-20(23)21-12-7-13-26-16-8-5-4-6-9-16/h10-11,14-16H,4-9,12-13H2,1-3H3,(H2,21,22,23). The number of carbonyl (C=O) groups is 1. The predicted octanol–water partition coefficient (Wildman–Crippen LogP) is 3.80. The first-order chi connectivity index (χ1) is 12.6. The summed E-state index contributed by atoms with van der Waals surface area (Å²) in [5.74, 6) is 1.45. The minimum atomic E-state index is -0.196. The molecule has 1 aliphatic rings. The molecule has 1 aromatic carbocycles. The van der Waals surface area contributed by atoms with Crippen molar-refractivity contribution in [2.75, 3.05) is 27.4 Å². The Hall–Kier alpha value is -1.95. The summed E-state index contributed by atoms with van der Waals surface area (Å²) >= 11 is 0. The minimum Gasteiger partial charge on any atom is -0.497 e. The molecule has 6 heteroatoms. The highest BCUT2D eigenvalue weighted by Crippen LogP contribution is 2.29. The quantitative estimate of drug-likeness (QED) is 0.654. The van der Waals surface area contributed by atoms with Crippen LogP contribution in [0.3, 0.4) is 0 Å². The maximum absolute atomic E-state index is 12.1. The summed E-state index contributed by atoms with van der Waals surface area (Å²) < 4.78 is 16.5. The van der Waals surface area contributed by atoms with Crippen molar-refractivity contribution in [3.05, 3.63) is 23.8 Å². The molecule has 1 aromatic rings. The highest BCUT2D eigenvalue weighted by Gasteiger charge is 2.15. The number of amides is 2. The van der Waals surface area contributed by atoms with Crippen LogP contribution < -0.4 is 20.1 Å². The summed E-state index contributed by atoms with van der Waals surface area (Å²) in [7, 11) is 3.23. The van der Waals surface area contributed by atoms with E-state index in [1.165, 1.54) is 32.1 Å². The Morgan fingerprint density at radius 3 is 2.65 bits per heavy atom. The van der Waals surface area contributed by atoms with Gasteiger partial charge in [-0.05, 0) is 44.4 Å². The number of urea groups is 1. The van der Waals surface area contributed by atoms with Crippen LogP contribution in [0.2, 0.25) is 0 Å². The van der Waals surface area contributed by atoms with Crippen LogP contribution in [0.5, 0.6) is 11.5 Å². The second-order valence-electron chi connectivity index (χ2n) is 6.71. The molecule has 0 radical (unpaired) electrons. The molecule has 0 aliphatic heterocycles. The topological polar surface area (TPSA) is 68.8 Å². The molecule has 1 fully saturated rings. The van der Waals surface area contributed by atoms with E-state index in [0.29, 0.717) is 19.3 Å². The second kappa shape index (κ2) is 10.9. The monoisotopic (exact) mass is 364 g/mol. The number of hydrogen-bond acceptors (Lipinski definition) is 4. The maximum atomic E-state index is 12.1. The molecule has 1 unspecified atom stereocenters. The Kier molecular flexibility index (Phi) is 8.54. The number of ether oxygens (including phenoxy) is 3. The summed E-state index contributed by atoms with van der Waals surface area (Å²) in [6.07, 6.45) is 7.46. The van der Waals surface area contributed by atoms with E-state index in [4.69, 9.17) is 14.2 Å². The number of hydrogen-bond donors (Lipinski definition) is 2. The van der Waals surface area contributed by atoms with E-state index in [1.807, 2.05) is 25.1 Å². The molecule has 6 nitrogen and oxygen atoms in total. The van der Waals surface area contributed by atoms with Crippen LogP contribution in [-0.4, -0.2) is 39.5 Å². The van der Waals surface area contributed by atoms with E-state index in [1.54, 1.807) is 14.2 Å². The molecule has 0 bridgehead atoms. The average Bonchev–Trinajstić information content (AvgIpc) is 2.67. The molecule has 2 rings (SSSR count). The van der Waals surface area contributed by atoms with Crippen molar-refractivity contribution in [3.8, 4) is 11.5 Å². The highest BCUT2D eigenvalue weighted by atomic mass is 16.5. The van der Waals surface area contributed by atoms with Crippen LogP contribution >= 0.6 is 0 Å². The van der Waals surface area contributed by atoms with Crippen molar-refractivity contribution < 1.29 is 19.0 Å². The third-order valence-electron chi connectivity index (χ3n) is 4.76. The third kappa shape index (κ3) is 6.41. The maximum Gasteiger partial charge on any atom is 0.315 e. The van der Waals surface area contributed by atoms with Gasteiger partial charge in [0.1, 0.15) is 11.5 Å². The van der Waals surface area contributed by atoms with Gasteiger partial charge in [-0.25, -0.2) is 4.79 Å². The molecule has 2 amide bonds. The van der Waals surface area contributed by atoms with Gasteiger partial charge in [-0.1, -0.05) is 19.3 Å². The van der Waals surface area contributed by atoms with Gasteiger partial charge in [0.15, 0.2) is 0 Å². The lowest BCUT2D eigenvalue weighted by Gasteiger charge is -2.22. The molecule has 0 aromatic heterocycles. The first-order valence-corrected chi connectivity index (χ1v) is 9.52. The first-order valence-electron chi connectivity index (χ1n) is 9.52. The fourth-order valence-corrected chi connectivity index (χ4v) is 3.26. The van der Waals surface area contributed by atoms with Crippen molar-refractivity contribution >= 4 is 6.03 Å². The van der Waals surface area contributed by atoms with E-state index in [0.717, 1.165) is 23.5 Å². The van der Waals surface area contributed by atoms with E-state index in [-0.39, 0.29) is 12.1 Å². The molecule has 0 spiro atoms. The normalized spacial score (nSPS) is 16.0. The Morgan fingerprint density at radius 2 is 1.96 bits per heavy atom. The number of benzene rings is 1. The fraction of sp³-hybridized carbons (Fsp3) is 0.650. The smallest absolute Gasteiger partial charge is 0.315 e. The molecule has 1 saturated carbocycles. The minimum absolute atomic E-state index is 0.194. The van der Waals surface area contributed by atoms with Gasteiger partial charge in [-0.3, -0.25) is 0 Å². The Labute approximate surface area is 156 Å². The largest absolute Gasteiger partial charge is 0.497 e. The first kappa shape index (κ1) is 20.4. The Bertz CT molecular complexity index is 559. The number of nitrogens with one attached hydrogen (secondary N) is 2. The molecule has 1 atom stereocenters. The van der Waals surface area contributed by atoms with Gasteiger partial charge in [0.2, 0.25) is 0 Å². The molecular formula is C20H32N2O4. The Balaban J connectivity index is 1.70. The van der Waals surface area contributed by atoms with Crippen molar-refractivity contribution in [1.29, 1.82) is 0 Å². The number of methoxy groups -OCH3 is 2. The average molecular weight is 364 g/mol. The van der Waals surface area contributed by atoms with Gasteiger partial charge >= 0.3 is 6.03 Å². The van der Waals surface area contributed by atoms with Crippen LogP contribution in [0.4, 0.5) is 4.79 Å². The zero-order valence-corrected chi connectivity index (χ0v) is 16.2. The number of carbonyl (C=O) groups excluding carboxylic acids is 1. The van der Waals surface area contributed by atoms with Gasteiger partial charge < -0.3 is 24.8 Å². The summed E-state index contributed by atoms with van der Waals surface area (Å²) in [4.78, 5) is 12.1. The van der Waals surface area contributed by atoms with E-state index in [2.05, 4.69) is 10.6 Å². The van der Waals surface area contributed by atoms with E-state index in [9.17, 15) is 4.79 Å². The van der Waals surface area contributed by atoms with Gasteiger partial charge in [-0.15, -0.1) is 0 Å². The molecule has 0 heterocycles. The lowest BCUT2D eigenvalue weighted by Crippen LogP contribution is -2.38. The van der Waals surface area contributed by atoms with Gasteiger partial charge in [0.25, 0.3) is 0 Å². The SMILES string of the molecule is COc1ccc(OC)c(C(C)NC(=O)NCCCOC2CCCCC2)c1. The van der Waals surface area contributed by atoms with Crippen molar-refractivity contribution in [2.24, 2.45) is 0 Å². The molecule has 2 N–H and O–H groups in total. The predicted molar refractivity (Wildman–Crippen MR) is 102 cm³/mol. The lowest BCUT2D eigenvalue weighted by molar-refractivity contribution is 0.0275. The second-order valence-corrected chi connectivity index (χ2v) is 6.71. The van der Waals surface area contributed by atoms with Crippen molar-refractivity contribution in [2.45, 2.75) is 57.6 Å². The molecule has 0 saturated heterocycles. The molecular weight excluding hydrogens is 332 g/mol. The fourth-order valence-electron chi connectivity index (χ4n) is 3.26. The van der Waals surface area contributed by atoms with E-state index < -0.39 is 0 Å². The van der Waals surface area contributed by atoms with Crippen LogP contribution in [0.25, 0.3) is 0 Å². The van der Waals surface area contributed by atoms with Crippen molar-refractivity contribution in [3.63, 3.8) is 0 Å². The van der Waals surface area contributed by atoms with Gasteiger partial charge in [0, 0.05) is 18.7 Å². The zero-order valence-electron chi connectivity index (χ0n) is 16.2.